The van der Waals surface area contributed by atoms with Gasteiger partial charge in [0.15, 0.2) is 0 Å². The molecule has 3 aliphatic rings. The van der Waals surface area contributed by atoms with Crippen LogP contribution in [-0.2, 0) is 16.0 Å². The molecular weight excluding hydrogens is 344 g/mol. The Hall–Kier alpha value is -1.16. The molecule has 4 atom stereocenters. The van der Waals surface area contributed by atoms with Crippen LogP contribution in [-0.4, -0.2) is 16.7 Å². The van der Waals surface area contributed by atoms with Crippen molar-refractivity contribution in [3.8, 4) is 5.75 Å². The lowest BCUT2D eigenvalue weighted by Gasteiger charge is -2.47. The topological polar surface area (TPSA) is 54.4 Å². The van der Waals surface area contributed by atoms with Crippen molar-refractivity contribution in [2.45, 2.75) is 44.9 Å². The Morgan fingerprint density at radius 3 is 2.82 bits per heavy atom. The Morgan fingerprint density at radius 1 is 1.27 bits per heavy atom. The van der Waals surface area contributed by atoms with E-state index in [9.17, 15) is 14.7 Å². The Morgan fingerprint density at radius 2 is 2.05 bits per heavy atom. The number of hydrogen-bond donors (Lipinski definition) is 1. The third kappa shape index (κ3) is 1.79. The lowest BCUT2D eigenvalue weighted by molar-refractivity contribution is -0.134. The van der Waals surface area contributed by atoms with Crippen molar-refractivity contribution in [2.75, 3.05) is 0 Å². The maximum absolute atomic E-state index is 12.8. The van der Waals surface area contributed by atoms with Gasteiger partial charge in [-0.25, -0.2) is 0 Å². The molecule has 22 heavy (non-hydrogen) atoms. The molecule has 0 heterocycles. The van der Waals surface area contributed by atoms with Gasteiger partial charge in [0.2, 0.25) is 0 Å². The fraction of sp³-hybridized carbons (Fsp3) is 0.556. The van der Waals surface area contributed by atoms with E-state index in [1.807, 2.05) is 6.07 Å². The molecule has 3 aliphatic carbocycles. The summed E-state index contributed by atoms with van der Waals surface area (Å²) in [4.78, 5) is 25.1. The Labute approximate surface area is 138 Å². The van der Waals surface area contributed by atoms with Crippen molar-refractivity contribution in [3.05, 3.63) is 27.7 Å². The molecule has 1 aromatic carbocycles. The summed E-state index contributed by atoms with van der Waals surface area (Å²) in [5.74, 6) is 1.19. The van der Waals surface area contributed by atoms with Gasteiger partial charge in [0, 0.05) is 24.2 Å². The number of Topliss-reactive ketones (excluding diaryl/α,β-unsaturated/α-hetero) is 2. The quantitative estimate of drug-likeness (QED) is 0.764. The highest BCUT2D eigenvalue weighted by Crippen LogP contribution is 2.59. The average molecular weight is 363 g/mol. The maximum Gasteiger partial charge on any atom is 0.141 e. The van der Waals surface area contributed by atoms with Gasteiger partial charge in [-0.1, -0.05) is 6.92 Å². The Balaban J connectivity index is 1.81. The zero-order valence-corrected chi connectivity index (χ0v) is 14.1. The molecule has 0 aromatic heterocycles. The second-order valence-corrected chi connectivity index (χ2v) is 8.16. The summed E-state index contributed by atoms with van der Waals surface area (Å²) in [6, 6.07) is 3.70. The normalized spacial score (nSPS) is 36.7. The molecule has 0 radical (unpaired) electrons. The van der Waals surface area contributed by atoms with Crippen molar-refractivity contribution in [3.63, 3.8) is 0 Å². The van der Waals surface area contributed by atoms with Gasteiger partial charge >= 0.3 is 0 Å². The largest absolute Gasteiger partial charge is 0.507 e. The zero-order valence-electron chi connectivity index (χ0n) is 12.6. The summed E-state index contributed by atoms with van der Waals surface area (Å²) in [7, 11) is 0. The maximum atomic E-state index is 12.8. The van der Waals surface area contributed by atoms with E-state index in [1.54, 1.807) is 6.07 Å². The molecular formula is C18H19BrO3. The number of hydrogen-bond acceptors (Lipinski definition) is 3. The van der Waals surface area contributed by atoms with Crippen LogP contribution in [0.3, 0.4) is 0 Å². The smallest absolute Gasteiger partial charge is 0.141 e. The van der Waals surface area contributed by atoms with E-state index in [4.69, 9.17) is 0 Å². The molecule has 1 N–H and O–H groups in total. The number of ketones is 2. The van der Waals surface area contributed by atoms with Crippen LogP contribution in [0.4, 0.5) is 0 Å². The van der Waals surface area contributed by atoms with Crippen molar-refractivity contribution in [2.24, 2.45) is 17.3 Å². The fourth-order valence-electron chi connectivity index (χ4n) is 5.14. The van der Waals surface area contributed by atoms with E-state index >= 15 is 0 Å². The minimum absolute atomic E-state index is 0.0193. The number of benzene rings is 1. The third-order valence-corrected chi connectivity index (χ3v) is 6.96. The second-order valence-electron chi connectivity index (χ2n) is 7.30. The molecule has 4 rings (SSSR count). The molecule has 0 saturated heterocycles. The summed E-state index contributed by atoms with van der Waals surface area (Å²) in [6.07, 6.45) is 3.64. The first kappa shape index (κ1) is 14.4. The first-order chi connectivity index (χ1) is 10.4. The summed E-state index contributed by atoms with van der Waals surface area (Å²) in [5, 5.41) is 9.88. The van der Waals surface area contributed by atoms with Gasteiger partial charge in [-0.05, 0) is 70.3 Å². The highest BCUT2D eigenvalue weighted by atomic mass is 79.9. The third-order valence-electron chi connectivity index (χ3n) is 6.32. The first-order valence-electron chi connectivity index (χ1n) is 7.99. The number of halogens is 1. The molecule has 0 aliphatic heterocycles. The molecule has 3 unspecified atom stereocenters. The average Bonchev–Trinajstić information content (AvgIpc) is 2.77. The summed E-state index contributed by atoms with van der Waals surface area (Å²) < 4.78 is 0.690. The van der Waals surface area contributed by atoms with Gasteiger partial charge in [0.05, 0.1) is 4.47 Å². The van der Waals surface area contributed by atoms with Crippen LogP contribution in [0.2, 0.25) is 0 Å². The molecule has 0 amide bonds. The molecule has 116 valence electrons. The molecule has 3 nitrogen and oxygen atoms in total. The van der Waals surface area contributed by atoms with Gasteiger partial charge in [-0.2, -0.15) is 0 Å². The summed E-state index contributed by atoms with van der Waals surface area (Å²) >= 11 is 3.39. The van der Waals surface area contributed by atoms with Crippen LogP contribution in [0.25, 0.3) is 0 Å². The van der Waals surface area contributed by atoms with Crippen LogP contribution in [0, 0.1) is 17.3 Å². The fourth-order valence-corrected chi connectivity index (χ4v) is 5.50. The highest BCUT2D eigenvalue weighted by Gasteiger charge is 2.56. The monoisotopic (exact) mass is 362 g/mol. The number of aromatic hydroxyl groups is 1. The van der Waals surface area contributed by atoms with Crippen molar-refractivity contribution >= 4 is 27.5 Å². The predicted octanol–water partition coefficient (Wildman–Crippen LogP) is 3.76. The predicted molar refractivity (Wildman–Crippen MR) is 85.8 cm³/mol. The van der Waals surface area contributed by atoms with Gasteiger partial charge in [0.25, 0.3) is 0 Å². The molecule has 0 spiro atoms. The minimum atomic E-state index is -0.289. The van der Waals surface area contributed by atoms with E-state index in [-0.39, 0.29) is 34.7 Å². The second kappa shape index (κ2) is 4.67. The molecule has 2 fully saturated rings. The van der Waals surface area contributed by atoms with Gasteiger partial charge in [-0.3, -0.25) is 9.59 Å². The van der Waals surface area contributed by atoms with E-state index in [2.05, 4.69) is 22.9 Å². The molecule has 0 bridgehead atoms. The SMILES string of the molecule is C[C@]12CCC3c4cc(Br)c(O)cc4CC(=O)C3C1CCC2=O. The minimum Gasteiger partial charge on any atom is -0.507 e. The van der Waals surface area contributed by atoms with Crippen LogP contribution >= 0.6 is 15.9 Å². The van der Waals surface area contributed by atoms with Crippen LogP contribution < -0.4 is 0 Å². The van der Waals surface area contributed by atoms with Crippen LogP contribution in [0.5, 0.6) is 5.75 Å². The van der Waals surface area contributed by atoms with Crippen molar-refractivity contribution in [1.29, 1.82) is 0 Å². The van der Waals surface area contributed by atoms with E-state index in [0.29, 0.717) is 23.1 Å². The van der Waals surface area contributed by atoms with Crippen LogP contribution in [0.1, 0.15) is 49.7 Å². The number of fused-ring (bicyclic) bond motifs is 5. The summed E-state index contributed by atoms with van der Waals surface area (Å²) in [5.41, 5.74) is 1.86. The first-order valence-corrected chi connectivity index (χ1v) is 8.78. The van der Waals surface area contributed by atoms with E-state index < -0.39 is 0 Å². The Bertz CT molecular complexity index is 696. The van der Waals surface area contributed by atoms with Crippen molar-refractivity contribution < 1.29 is 14.7 Å². The number of rotatable bonds is 0. The standard InChI is InChI=1S/C18H19BrO3/c1-18-5-4-10-11-8-13(19)14(20)6-9(11)7-15(21)17(10)12(18)2-3-16(18)22/h6,8,10,12,17,20H,2-5,7H2,1H3/t10?,12?,17?,18-/m0/s1. The van der Waals surface area contributed by atoms with Gasteiger partial charge in [-0.15, -0.1) is 0 Å². The highest BCUT2D eigenvalue weighted by molar-refractivity contribution is 9.10. The molecule has 2 saturated carbocycles. The number of phenolic OH excluding ortho intramolecular Hbond substituents is 1. The van der Waals surface area contributed by atoms with Gasteiger partial charge in [0.1, 0.15) is 17.3 Å². The lowest BCUT2D eigenvalue weighted by atomic mass is 9.55. The number of carbonyl (C=O) groups is 2. The molecule has 4 heteroatoms. The van der Waals surface area contributed by atoms with Crippen LogP contribution in [0.15, 0.2) is 16.6 Å². The van der Waals surface area contributed by atoms with Crippen molar-refractivity contribution in [1.82, 2.24) is 0 Å². The zero-order chi connectivity index (χ0) is 15.6. The van der Waals surface area contributed by atoms with Gasteiger partial charge < -0.3 is 5.11 Å². The number of carbonyl (C=O) groups excluding carboxylic acids is 2. The molecule has 1 aromatic rings. The van der Waals surface area contributed by atoms with E-state index in [0.717, 1.165) is 24.8 Å². The Kier molecular flexibility index (Phi) is 3.06. The summed E-state index contributed by atoms with van der Waals surface area (Å²) in [6.45, 7) is 2.07. The number of phenols is 1. The lowest BCUT2D eigenvalue weighted by Crippen LogP contribution is -2.46. The van der Waals surface area contributed by atoms with E-state index in [1.165, 1.54) is 5.56 Å².